The topological polar surface area (TPSA) is 49.4 Å². The third-order valence-corrected chi connectivity index (χ3v) is 4.02. The normalized spacial score (nSPS) is 16.3. The average Bonchev–Trinajstić information content (AvgIpc) is 2.75. The molecule has 1 aliphatic heterocycles. The molecule has 0 unspecified atom stereocenters. The van der Waals surface area contributed by atoms with Gasteiger partial charge < -0.3 is 0 Å². The Morgan fingerprint density at radius 1 is 1.09 bits per heavy atom. The van der Waals surface area contributed by atoms with Gasteiger partial charge in [-0.1, -0.05) is 29.8 Å². The number of carbonyl (C=O) groups is 2. The molecule has 6 heteroatoms. The lowest BCUT2D eigenvalue weighted by Crippen LogP contribution is -2.35. The largest absolute Gasteiger partial charge is 0.282 e. The Morgan fingerprint density at radius 2 is 1.86 bits per heavy atom. The van der Waals surface area contributed by atoms with Crippen molar-refractivity contribution >= 4 is 57.8 Å². The lowest BCUT2D eigenvalue weighted by molar-refractivity contribution is -0.117. The molecule has 1 N–H and O–H groups in total. The second-order valence-corrected chi connectivity index (χ2v) is 6.36. The molecule has 110 valence electrons. The first-order chi connectivity index (χ1) is 10.5. The van der Waals surface area contributed by atoms with Crippen molar-refractivity contribution in [3.63, 3.8) is 0 Å². The SMILES string of the molecule is O=C1NN(c2cccc(Cl)c2)C(=O)/C1=C/c1cccc(I)c1. The molecule has 3 rings (SSSR count). The molecule has 22 heavy (non-hydrogen) atoms. The Morgan fingerprint density at radius 3 is 2.59 bits per heavy atom. The summed E-state index contributed by atoms with van der Waals surface area (Å²) in [4.78, 5) is 24.5. The molecule has 0 aliphatic carbocycles. The van der Waals surface area contributed by atoms with Crippen LogP contribution < -0.4 is 10.4 Å². The van der Waals surface area contributed by atoms with E-state index in [0.717, 1.165) is 9.13 Å². The highest BCUT2D eigenvalue weighted by Crippen LogP contribution is 2.24. The van der Waals surface area contributed by atoms with Crippen molar-refractivity contribution in [3.8, 4) is 0 Å². The number of hydrogen-bond donors (Lipinski definition) is 1. The van der Waals surface area contributed by atoms with Crippen LogP contribution in [0.2, 0.25) is 5.02 Å². The predicted molar refractivity (Wildman–Crippen MR) is 94.2 cm³/mol. The van der Waals surface area contributed by atoms with Crippen LogP contribution in [0.25, 0.3) is 6.08 Å². The molecule has 1 heterocycles. The van der Waals surface area contributed by atoms with E-state index in [1.807, 2.05) is 24.3 Å². The fourth-order valence-electron chi connectivity index (χ4n) is 2.12. The number of hydrogen-bond acceptors (Lipinski definition) is 2. The van der Waals surface area contributed by atoms with E-state index in [1.165, 1.54) is 5.01 Å². The summed E-state index contributed by atoms with van der Waals surface area (Å²) >= 11 is 8.10. The van der Waals surface area contributed by atoms with Gasteiger partial charge in [0.1, 0.15) is 5.57 Å². The number of halogens is 2. The lowest BCUT2D eigenvalue weighted by atomic mass is 10.1. The number of rotatable bonds is 2. The summed E-state index contributed by atoms with van der Waals surface area (Å²) in [6.07, 6.45) is 1.59. The Hall–Kier alpha value is -1.86. The standard InChI is InChI=1S/C16H10ClIN2O2/c17-11-4-2-6-13(9-11)20-16(22)14(15(21)19-20)8-10-3-1-5-12(18)7-10/h1-9H,(H,19,21)/b14-8+. The monoisotopic (exact) mass is 424 g/mol. The van der Waals surface area contributed by atoms with Gasteiger partial charge in [0.05, 0.1) is 5.69 Å². The predicted octanol–water partition coefficient (Wildman–Crippen LogP) is 3.41. The number of carbonyl (C=O) groups excluding carboxylic acids is 2. The van der Waals surface area contributed by atoms with Gasteiger partial charge in [-0.05, 0) is 64.6 Å². The Balaban J connectivity index is 1.95. The maximum Gasteiger partial charge on any atom is 0.282 e. The van der Waals surface area contributed by atoms with Crippen molar-refractivity contribution in [2.75, 3.05) is 5.01 Å². The highest BCUT2D eigenvalue weighted by atomic mass is 127. The molecule has 0 saturated carbocycles. The second-order valence-electron chi connectivity index (χ2n) is 4.67. The summed E-state index contributed by atoms with van der Waals surface area (Å²) in [7, 11) is 0. The van der Waals surface area contributed by atoms with Gasteiger partial charge in [0.25, 0.3) is 11.8 Å². The second kappa shape index (κ2) is 6.10. The summed E-state index contributed by atoms with van der Waals surface area (Å²) < 4.78 is 1.03. The summed E-state index contributed by atoms with van der Waals surface area (Å²) in [5.74, 6) is -0.824. The van der Waals surface area contributed by atoms with E-state index in [9.17, 15) is 9.59 Å². The summed E-state index contributed by atoms with van der Waals surface area (Å²) in [5, 5.41) is 1.70. The van der Waals surface area contributed by atoms with Crippen LogP contribution in [0.1, 0.15) is 5.56 Å². The molecule has 0 atom stereocenters. The molecule has 0 spiro atoms. The van der Waals surface area contributed by atoms with Crippen molar-refractivity contribution < 1.29 is 9.59 Å². The van der Waals surface area contributed by atoms with Crippen molar-refractivity contribution in [2.45, 2.75) is 0 Å². The molecule has 4 nitrogen and oxygen atoms in total. The highest BCUT2D eigenvalue weighted by molar-refractivity contribution is 14.1. The number of benzene rings is 2. The number of nitrogens with zero attached hydrogens (tertiary/aromatic N) is 1. The van der Waals surface area contributed by atoms with Gasteiger partial charge in [-0.3, -0.25) is 15.0 Å². The minimum Gasteiger partial charge on any atom is -0.267 e. The smallest absolute Gasteiger partial charge is 0.267 e. The minimum absolute atomic E-state index is 0.0991. The van der Waals surface area contributed by atoms with Gasteiger partial charge in [-0.25, -0.2) is 5.01 Å². The van der Waals surface area contributed by atoms with E-state index in [0.29, 0.717) is 10.7 Å². The van der Waals surface area contributed by atoms with Gasteiger partial charge in [0, 0.05) is 8.59 Å². The van der Waals surface area contributed by atoms with Crippen LogP contribution in [-0.2, 0) is 9.59 Å². The third kappa shape index (κ3) is 3.00. The maximum atomic E-state index is 12.4. The van der Waals surface area contributed by atoms with Gasteiger partial charge in [-0.2, -0.15) is 0 Å². The summed E-state index contributed by atoms with van der Waals surface area (Å²) in [6, 6.07) is 14.3. The molecule has 2 amide bonds. The van der Waals surface area contributed by atoms with Crippen LogP contribution in [0.15, 0.2) is 54.1 Å². The number of amides is 2. The molecule has 1 saturated heterocycles. The highest BCUT2D eigenvalue weighted by Gasteiger charge is 2.34. The van der Waals surface area contributed by atoms with Crippen LogP contribution in [0.4, 0.5) is 5.69 Å². The number of anilines is 1. The zero-order valence-electron chi connectivity index (χ0n) is 11.2. The van der Waals surface area contributed by atoms with E-state index in [2.05, 4.69) is 28.0 Å². The van der Waals surface area contributed by atoms with E-state index in [4.69, 9.17) is 11.6 Å². The lowest BCUT2D eigenvalue weighted by Gasteiger charge is -2.14. The zero-order chi connectivity index (χ0) is 15.7. The molecule has 2 aromatic carbocycles. The molecular weight excluding hydrogens is 415 g/mol. The van der Waals surface area contributed by atoms with Gasteiger partial charge in [0.2, 0.25) is 0 Å². The first kappa shape index (κ1) is 15.1. The van der Waals surface area contributed by atoms with Crippen molar-refractivity contribution in [2.24, 2.45) is 0 Å². The van der Waals surface area contributed by atoms with Crippen molar-refractivity contribution in [3.05, 3.63) is 68.3 Å². The van der Waals surface area contributed by atoms with Crippen LogP contribution in [0, 0.1) is 3.57 Å². The molecule has 0 aromatic heterocycles. The van der Waals surface area contributed by atoms with E-state index in [-0.39, 0.29) is 5.57 Å². The first-order valence-corrected chi connectivity index (χ1v) is 7.88. The van der Waals surface area contributed by atoms with Gasteiger partial charge in [0.15, 0.2) is 0 Å². The molecule has 0 bridgehead atoms. The number of nitrogens with one attached hydrogen (secondary N) is 1. The van der Waals surface area contributed by atoms with Crippen LogP contribution in [0.5, 0.6) is 0 Å². The van der Waals surface area contributed by atoms with Crippen molar-refractivity contribution in [1.82, 2.24) is 5.43 Å². The molecule has 1 fully saturated rings. The van der Waals surface area contributed by atoms with E-state index in [1.54, 1.807) is 30.3 Å². The molecule has 2 aromatic rings. The molecule has 0 radical (unpaired) electrons. The Kier molecular flexibility index (Phi) is 4.17. The van der Waals surface area contributed by atoms with Gasteiger partial charge >= 0.3 is 0 Å². The Bertz CT molecular complexity index is 804. The van der Waals surface area contributed by atoms with E-state index < -0.39 is 11.8 Å². The Labute approximate surface area is 145 Å². The summed E-state index contributed by atoms with van der Waals surface area (Å²) in [5.41, 5.74) is 3.98. The van der Waals surface area contributed by atoms with Crippen molar-refractivity contribution in [1.29, 1.82) is 0 Å². The van der Waals surface area contributed by atoms with Gasteiger partial charge in [-0.15, -0.1) is 0 Å². The minimum atomic E-state index is -0.427. The third-order valence-electron chi connectivity index (χ3n) is 3.12. The maximum absolute atomic E-state index is 12.4. The number of hydrazine groups is 1. The average molecular weight is 425 g/mol. The first-order valence-electron chi connectivity index (χ1n) is 6.43. The summed E-state index contributed by atoms with van der Waals surface area (Å²) in [6.45, 7) is 0. The van der Waals surface area contributed by atoms with Crippen LogP contribution in [0.3, 0.4) is 0 Å². The molecule has 1 aliphatic rings. The van der Waals surface area contributed by atoms with E-state index >= 15 is 0 Å². The fourth-order valence-corrected chi connectivity index (χ4v) is 2.87. The molecular formula is C16H10ClIN2O2. The quantitative estimate of drug-likeness (QED) is 0.456. The fraction of sp³-hybridized carbons (Fsp3) is 0. The van der Waals surface area contributed by atoms with Crippen LogP contribution in [-0.4, -0.2) is 11.8 Å². The van der Waals surface area contributed by atoms with Crippen LogP contribution >= 0.6 is 34.2 Å². The zero-order valence-corrected chi connectivity index (χ0v) is 14.1.